The van der Waals surface area contributed by atoms with Crippen molar-refractivity contribution < 1.29 is 19.5 Å². The Labute approximate surface area is 206 Å². The van der Waals surface area contributed by atoms with E-state index in [0.717, 1.165) is 36.7 Å². The van der Waals surface area contributed by atoms with Crippen molar-refractivity contribution in [1.82, 2.24) is 5.32 Å². The molecule has 0 aliphatic carbocycles. The Bertz CT molecular complexity index is 915. The Morgan fingerprint density at radius 1 is 1.13 bits per heavy atom. The SMILES string of the molecule is COc1c(Br)cc(C/C(=N\O)C(=O)NCCc2ccc(OCCCN)c(Br)c2)cc1Br. The number of benzene rings is 2. The van der Waals surface area contributed by atoms with Crippen LogP contribution in [0, 0.1) is 0 Å². The smallest absolute Gasteiger partial charge is 0.269 e. The van der Waals surface area contributed by atoms with Crippen molar-refractivity contribution in [2.45, 2.75) is 19.3 Å². The van der Waals surface area contributed by atoms with Crippen LogP contribution in [-0.2, 0) is 17.6 Å². The molecule has 168 valence electrons. The molecule has 0 aliphatic rings. The molecule has 0 heterocycles. The molecule has 31 heavy (non-hydrogen) atoms. The number of nitrogens with two attached hydrogens (primary N) is 1. The number of halogens is 3. The second-order valence-electron chi connectivity index (χ2n) is 6.58. The van der Waals surface area contributed by atoms with Crippen molar-refractivity contribution >= 4 is 59.4 Å². The van der Waals surface area contributed by atoms with Gasteiger partial charge in [0.05, 0.1) is 27.1 Å². The molecule has 2 rings (SSSR count). The van der Waals surface area contributed by atoms with E-state index in [-0.39, 0.29) is 12.1 Å². The lowest BCUT2D eigenvalue weighted by Gasteiger charge is -2.11. The third-order valence-corrected chi connectivity index (χ3v) is 6.12. The number of hydrogen-bond acceptors (Lipinski definition) is 6. The van der Waals surface area contributed by atoms with Gasteiger partial charge in [0.25, 0.3) is 5.91 Å². The molecule has 7 nitrogen and oxygen atoms in total. The van der Waals surface area contributed by atoms with Gasteiger partial charge in [0.2, 0.25) is 0 Å². The predicted molar refractivity (Wildman–Crippen MR) is 131 cm³/mol. The molecule has 0 atom stereocenters. The van der Waals surface area contributed by atoms with E-state index in [0.29, 0.717) is 31.9 Å². The first-order valence-electron chi connectivity index (χ1n) is 9.52. The van der Waals surface area contributed by atoms with E-state index in [9.17, 15) is 10.0 Å². The molecular formula is C21H24Br3N3O4. The second-order valence-corrected chi connectivity index (χ2v) is 9.14. The topological polar surface area (TPSA) is 106 Å². The van der Waals surface area contributed by atoms with Gasteiger partial charge in [0.15, 0.2) is 0 Å². The van der Waals surface area contributed by atoms with Gasteiger partial charge in [-0.2, -0.15) is 0 Å². The predicted octanol–water partition coefficient (Wildman–Crippen LogP) is 4.44. The second kappa shape index (κ2) is 13.0. The highest BCUT2D eigenvalue weighted by atomic mass is 79.9. The first kappa shape index (κ1) is 25.6. The van der Waals surface area contributed by atoms with Crippen molar-refractivity contribution in [1.29, 1.82) is 0 Å². The molecular weight excluding hydrogens is 598 g/mol. The molecule has 2 aromatic carbocycles. The van der Waals surface area contributed by atoms with Gasteiger partial charge in [-0.15, -0.1) is 0 Å². The zero-order chi connectivity index (χ0) is 22.8. The van der Waals surface area contributed by atoms with E-state index in [1.54, 1.807) is 7.11 Å². The molecule has 2 aromatic rings. The van der Waals surface area contributed by atoms with Crippen LogP contribution in [0.5, 0.6) is 11.5 Å². The van der Waals surface area contributed by atoms with Gasteiger partial charge >= 0.3 is 0 Å². The molecule has 0 spiro atoms. The maximum atomic E-state index is 12.4. The summed E-state index contributed by atoms with van der Waals surface area (Å²) in [5.41, 5.74) is 7.32. The van der Waals surface area contributed by atoms with Crippen molar-refractivity contribution in [2.24, 2.45) is 10.9 Å². The molecule has 0 bridgehead atoms. The molecule has 10 heteroatoms. The van der Waals surface area contributed by atoms with Crippen LogP contribution in [0.1, 0.15) is 17.5 Å². The number of oxime groups is 1. The normalized spacial score (nSPS) is 11.3. The van der Waals surface area contributed by atoms with Crippen LogP contribution in [0.25, 0.3) is 0 Å². The minimum absolute atomic E-state index is 0.0220. The number of nitrogens with zero attached hydrogens (tertiary/aromatic N) is 1. The zero-order valence-electron chi connectivity index (χ0n) is 17.0. The number of amides is 1. The summed E-state index contributed by atoms with van der Waals surface area (Å²) in [5.74, 6) is 0.983. The highest BCUT2D eigenvalue weighted by Gasteiger charge is 2.15. The van der Waals surface area contributed by atoms with Gasteiger partial charge in [-0.25, -0.2) is 0 Å². The molecule has 1 amide bonds. The molecule has 0 aromatic heterocycles. The lowest BCUT2D eigenvalue weighted by Crippen LogP contribution is -2.33. The van der Waals surface area contributed by atoms with Crippen molar-refractivity contribution in [3.8, 4) is 11.5 Å². The quantitative estimate of drug-likeness (QED) is 0.149. The van der Waals surface area contributed by atoms with Gasteiger partial charge < -0.3 is 25.7 Å². The summed E-state index contributed by atoms with van der Waals surface area (Å²) in [6, 6.07) is 9.42. The standard InChI is InChI=1S/C21H24Br3N3O4/c1-30-20-16(23)10-14(11-17(20)24)12-18(27-29)21(28)26-7-5-13-3-4-19(15(22)9-13)31-8-2-6-25/h3-4,9-11,29H,2,5-8,12,25H2,1H3,(H,26,28)/b27-18+. The summed E-state index contributed by atoms with van der Waals surface area (Å²) < 4.78 is 13.2. The van der Waals surface area contributed by atoms with Gasteiger partial charge in [0, 0.05) is 13.0 Å². The Morgan fingerprint density at radius 3 is 2.39 bits per heavy atom. The van der Waals surface area contributed by atoms with Crippen LogP contribution in [0.4, 0.5) is 0 Å². The van der Waals surface area contributed by atoms with E-state index < -0.39 is 5.91 Å². The third-order valence-electron chi connectivity index (χ3n) is 4.32. The molecule has 4 N–H and O–H groups in total. The minimum Gasteiger partial charge on any atom is -0.494 e. The average Bonchev–Trinajstić information content (AvgIpc) is 2.73. The molecule has 0 saturated heterocycles. The van der Waals surface area contributed by atoms with E-state index >= 15 is 0 Å². The van der Waals surface area contributed by atoms with E-state index in [1.807, 2.05) is 30.3 Å². The lowest BCUT2D eigenvalue weighted by atomic mass is 10.1. The summed E-state index contributed by atoms with van der Waals surface area (Å²) in [4.78, 5) is 12.4. The number of methoxy groups -OCH3 is 1. The van der Waals surface area contributed by atoms with Crippen LogP contribution < -0.4 is 20.5 Å². The summed E-state index contributed by atoms with van der Waals surface area (Å²) in [6.07, 6.45) is 1.58. The Kier molecular flexibility index (Phi) is 10.8. The van der Waals surface area contributed by atoms with E-state index in [2.05, 4.69) is 58.3 Å². The number of rotatable bonds is 11. The third kappa shape index (κ3) is 7.78. The number of nitrogens with one attached hydrogen (secondary N) is 1. The minimum atomic E-state index is -0.425. The lowest BCUT2D eigenvalue weighted by molar-refractivity contribution is -0.115. The van der Waals surface area contributed by atoms with Crippen LogP contribution >= 0.6 is 47.8 Å². The number of carbonyl (C=O) groups excluding carboxylic acids is 1. The molecule has 0 unspecified atom stereocenters. The van der Waals surface area contributed by atoms with Crippen LogP contribution in [-0.4, -0.2) is 43.6 Å². The first-order valence-corrected chi connectivity index (χ1v) is 11.9. The number of hydrogen-bond donors (Lipinski definition) is 3. The van der Waals surface area contributed by atoms with Gasteiger partial charge in [-0.05, 0) is 103 Å². The van der Waals surface area contributed by atoms with Crippen molar-refractivity contribution in [2.75, 3.05) is 26.8 Å². The van der Waals surface area contributed by atoms with E-state index in [4.69, 9.17) is 15.2 Å². The fraction of sp³-hybridized carbons (Fsp3) is 0.333. The first-order chi connectivity index (χ1) is 14.9. The molecule has 0 aliphatic heterocycles. The van der Waals surface area contributed by atoms with Crippen molar-refractivity contribution in [3.63, 3.8) is 0 Å². The largest absolute Gasteiger partial charge is 0.494 e. The van der Waals surface area contributed by atoms with Crippen LogP contribution in [0.2, 0.25) is 0 Å². The molecule has 0 fully saturated rings. The fourth-order valence-electron chi connectivity index (χ4n) is 2.77. The van der Waals surface area contributed by atoms with Gasteiger partial charge in [0.1, 0.15) is 17.2 Å². The summed E-state index contributed by atoms with van der Waals surface area (Å²) in [6.45, 7) is 1.55. The average molecular weight is 622 g/mol. The maximum Gasteiger partial charge on any atom is 0.269 e. The molecule has 0 saturated carbocycles. The Morgan fingerprint density at radius 2 is 1.81 bits per heavy atom. The zero-order valence-corrected chi connectivity index (χ0v) is 21.7. The van der Waals surface area contributed by atoms with Crippen LogP contribution in [0.15, 0.2) is 48.9 Å². The number of carbonyl (C=O) groups is 1. The number of ether oxygens (including phenoxy) is 2. The van der Waals surface area contributed by atoms with E-state index in [1.165, 1.54) is 0 Å². The summed E-state index contributed by atoms with van der Waals surface area (Å²) >= 11 is 10.4. The van der Waals surface area contributed by atoms with Gasteiger partial charge in [-0.1, -0.05) is 11.2 Å². The van der Waals surface area contributed by atoms with Crippen molar-refractivity contribution in [3.05, 3.63) is 54.9 Å². The summed E-state index contributed by atoms with van der Waals surface area (Å²) in [5, 5.41) is 15.3. The highest BCUT2D eigenvalue weighted by Crippen LogP contribution is 2.34. The summed E-state index contributed by atoms with van der Waals surface area (Å²) in [7, 11) is 1.57. The highest BCUT2D eigenvalue weighted by molar-refractivity contribution is 9.11. The molecule has 0 radical (unpaired) electrons. The van der Waals surface area contributed by atoms with Crippen LogP contribution in [0.3, 0.4) is 0 Å². The maximum absolute atomic E-state index is 12.4. The monoisotopic (exact) mass is 619 g/mol. The Balaban J connectivity index is 1.90. The Hall–Kier alpha value is -1.62. The fourth-order valence-corrected chi connectivity index (χ4v) is 4.91. The van der Waals surface area contributed by atoms with Gasteiger partial charge in [-0.3, -0.25) is 4.79 Å².